The van der Waals surface area contributed by atoms with Crippen LogP contribution in [0.15, 0.2) is 0 Å². The summed E-state index contributed by atoms with van der Waals surface area (Å²) in [6, 6.07) is 0. The Hall–Kier alpha value is 0.310. The molecule has 0 aromatic carbocycles. The van der Waals surface area contributed by atoms with Crippen LogP contribution in [0, 0.1) is 5.92 Å². The third kappa shape index (κ3) is 6.47. The summed E-state index contributed by atoms with van der Waals surface area (Å²) in [7, 11) is 0. The van der Waals surface area contributed by atoms with Gasteiger partial charge in [0.2, 0.25) is 0 Å². The van der Waals surface area contributed by atoms with E-state index in [9.17, 15) is 5.11 Å². The highest BCUT2D eigenvalue weighted by Gasteiger charge is 2.23. The molecular weight excluding hydrogens is 240 g/mol. The molecule has 1 rings (SSSR count). The van der Waals surface area contributed by atoms with E-state index in [1.165, 1.54) is 63.5 Å². The zero-order valence-electron chi connectivity index (χ0n) is 12.4. The van der Waals surface area contributed by atoms with E-state index in [1.54, 1.807) is 0 Å². The lowest BCUT2D eigenvalue weighted by atomic mass is 9.96. The van der Waals surface area contributed by atoms with Gasteiger partial charge in [0.05, 0.1) is 6.10 Å². The molecule has 1 saturated carbocycles. The normalized spacial score (nSPS) is 26.2. The Morgan fingerprint density at radius 3 is 2.56 bits per heavy atom. The van der Waals surface area contributed by atoms with E-state index in [0.717, 1.165) is 12.3 Å². The molecule has 1 N–H and O–H groups in total. The molecule has 0 bridgehead atoms. The van der Waals surface area contributed by atoms with Crippen LogP contribution in [0.1, 0.15) is 78.1 Å². The van der Waals surface area contributed by atoms with Gasteiger partial charge in [0.1, 0.15) is 0 Å². The van der Waals surface area contributed by atoms with Crippen LogP contribution < -0.4 is 0 Å². The minimum atomic E-state index is -0.0242. The molecule has 0 aromatic heterocycles. The number of hydrogen-bond acceptors (Lipinski definition) is 2. The first-order chi connectivity index (χ1) is 8.77. The van der Waals surface area contributed by atoms with Crippen molar-refractivity contribution in [1.29, 1.82) is 0 Å². The summed E-state index contributed by atoms with van der Waals surface area (Å²) in [5, 5.41) is 10.5. The number of aliphatic hydroxyl groups excluding tert-OH is 1. The summed E-state index contributed by atoms with van der Waals surface area (Å²) in [6.07, 6.45) is 13.0. The van der Waals surface area contributed by atoms with Gasteiger partial charge >= 0.3 is 0 Å². The van der Waals surface area contributed by atoms with Crippen molar-refractivity contribution in [3.8, 4) is 0 Å². The van der Waals surface area contributed by atoms with Gasteiger partial charge in [0.15, 0.2) is 0 Å². The zero-order valence-corrected chi connectivity index (χ0v) is 13.2. The van der Waals surface area contributed by atoms with Crippen LogP contribution in [0.3, 0.4) is 0 Å². The Bertz CT molecular complexity index is 196. The van der Waals surface area contributed by atoms with Gasteiger partial charge < -0.3 is 5.11 Å². The van der Waals surface area contributed by atoms with Gasteiger partial charge in [0.25, 0.3) is 0 Å². The fraction of sp³-hybridized carbons (Fsp3) is 1.00. The largest absolute Gasteiger partial charge is 0.392 e. The van der Waals surface area contributed by atoms with E-state index in [-0.39, 0.29) is 6.10 Å². The van der Waals surface area contributed by atoms with Crippen molar-refractivity contribution >= 4 is 11.8 Å². The van der Waals surface area contributed by atoms with Gasteiger partial charge in [-0.2, -0.15) is 11.8 Å². The zero-order chi connectivity index (χ0) is 13.2. The van der Waals surface area contributed by atoms with Crippen molar-refractivity contribution in [3.05, 3.63) is 0 Å². The Morgan fingerprint density at radius 2 is 1.89 bits per heavy atom. The third-order valence-corrected chi connectivity index (χ3v) is 5.77. The van der Waals surface area contributed by atoms with E-state index in [1.807, 2.05) is 11.8 Å². The number of aliphatic hydroxyl groups is 1. The lowest BCUT2D eigenvalue weighted by Crippen LogP contribution is -2.27. The van der Waals surface area contributed by atoms with Crippen molar-refractivity contribution in [2.75, 3.05) is 5.75 Å². The van der Waals surface area contributed by atoms with Gasteiger partial charge in [-0.1, -0.05) is 58.8 Å². The van der Waals surface area contributed by atoms with Crippen molar-refractivity contribution in [1.82, 2.24) is 0 Å². The molecule has 3 atom stereocenters. The second kappa shape index (κ2) is 10.1. The molecule has 0 saturated heterocycles. The van der Waals surface area contributed by atoms with Crippen LogP contribution in [0.5, 0.6) is 0 Å². The lowest BCUT2D eigenvalue weighted by molar-refractivity contribution is 0.137. The predicted molar refractivity (Wildman–Crippen MR) is 83.3 cm³/mol. The summed E-state index contributed by atoms with van der Waals surface area (Å²) in [5.74, 6) is 2.18. The van der Waals surface area contributed by atoms with Crippen molar-refractivity contribution in [2.45, 2.75) is 89.4 Å². The van der Waals surface area contributed by atoms with Crippen LogP contribution in [-0.2, 0) is 0 Å². The number of thioether (sulfide) groups is 1. The molecule has 0 amide bonds. The third-order valence-electron chi connectivity index (χ3n) is 4.32. The monoisotopic (exact) mass is 272 g/mol. The SMILES string of the molecule is CCCCCC(CC)CCSC1CCCC[C@H]1O. The number of rotatable bonds is 9. The average molecular weight is 272 g/mol. The maximum Gasteiger partial charge on any atom is 0.0658 e. The average Bonchev–Trinajstić information content (AvgIpc) is 2.39. The van der Waals surface area contributed by atoms with Crippen molar-refractivity contribution in [3.63, 3.8) is 0 Å². The maximum atomic E-state index is 9.94. The predicted octanol–water partition coefficient (Wildman–Crippen LogP) is 5.02. The van der Waals surface area contributed by atoms with Crippen molar-refractivity contribution < 1.29 is 5.11 Å². The Morgan fingerprint density at radius 1 is 1.11 bits per heavy atom. The highest BCUT2D eigenvalue weighted by atomic mass is 32.2. The molecule has 1 nitrogen and oxygen atoms in total. The van der Waals surface area contributed by atoms with E-state index < -0.39 is 0 Å². The summed E-state index contributed by atoms with van der Waals surface area (Å²) in [6.45, 7) is 4.61. The summed E-state index contributed by atoms with van der Waals surface area (Å²) >= 11 is 2.04. The molecule has 18 heavy (non-hydrogen) atoms. The fourth-order valence-electron chi connectivity index (χ4n) is 2.89. The standard InChI is InChI=1S/C16H32OS/c1-3-5-6-9-14(4-2)12-13-18-16-11-8-7-10-15(16)17/h14-17H,3-13H2,1-2H3/t14?,15-,16?/m1/s1. The van der Waals surface area contributed by atoms with E-state index in [2.05, 4.69) is 13.8 Å². The lowest BCUT2D eigenvalue weighted by Gasteiger charge is -2.27. The summed E-state index contributed by atoms with van der Waals surface area (Å²) < 4.78 is 0. The maximum absolute atomic E-state index is 9.94. The molecule has 2 heteroatoms. The summed E-state index contributed by atoms with van der Waals surface area (Å²) in [4.78, 5) is 0. The minimum absolute atomic E-state index is 0.0242. The van der Waals surface area contributed by atoms with Crippen LogP contribution >= 0.6 is 11.8 Å². The molecule has 1 aliphatic carbocycles. The van der Waals surface area contributed by atoms with Crippen molar-refractivity contribution in [2.24, 2.45) is 5.92 Å². The first-order valence-corrected chi connectivity index (χ1v) is 9.12. The minimum Gasteiger partial charge on any atom is -0.392 e. The molecular formula is C16H32OS. The smallest absolute Gasteiger partial charge is 0.0658 e. The Kier molecular flexibility index (Phi) is 9.22. The molecule has 1 aliphatic rings. The van der Waals surface area contributed by atoms with E-state index >= 15 is 0 Å². The van der Waals surface area contributed by atoms with Crippen LogP contribution in [0.4, 0.5) is 0 Å². The molecule has 1 fully saturated rings. The molecule has 0 aromatic rings. The van der Waals surface area contributed by atoms with E-state index in [0.29, 0.717) is 5.25 Å². The Balaban J connectivity index is 2.10. The molecule has 0 radical (unpaired) electrons. The van der Waals surface area contributed by atoms with Gasteiger partial charge in [-0.15, -0.1) is 0 Å². The summed E-state index contributed by atoms with van der Waals surface area (Å²) in [5.41, 5.74) is 0. The topological polar surface area (TPSA) is 20.2 Å². The number of hydrogen-bond donors (Lipinski definition) is 1. The molecule has 0 heterocycles. The Labute approximate surface area is 118 Å². The highest BCUT2D eigenvalue weighted by Crippen LogP contribution is 2.30. The van der Waals surface area contributed by atoms with Gasteiger partial charge in [-0.05, 0) is 30.9 Å². The first kappa shape index (κ1) is 16.4. The van der Waals surface area contributed by atoms with E-state index in [4.69, 9.17) is 0 Å². The van der Waals surface area contributed by atoms with Crippen LogP contribution in [0.25, 0.3) is 0 Å². The number of unbranched alkanes of at least 4 members (excludes halogenated alkanes) is 2. The highest BCUT2D eigenvalue weighted by molar-refractivity contribution is 7.99. The molecule has 108 valence electrons. The van der Waals surface area contributed by atoms with Gasteiger partial charge in [-0.3, -0.25) is 0 Å². The fourth-order valence-corrected chi connectivity index (χ4v) is 4.36. The van der Waals surface area contributed by atoms with Gasteiger partial charge in [-0.25, -0.2) is 0 Å². The molecule has 0 spiro atoms. The second-order valence-electron chi connectivity index (χ2n) is 5.82. The van der Waals surface area contributed by atoms with Crippen LogP contribution in [-0.4, -0.2) is 22.2 Å². The van der Waals surface area contributed by atoms with Crippen LogP contribution in [0.2, 0.25) is 0 Å². The molecule has 0 aliphatic heterocycles. The van der Waals surface area contributed by atoms with Gasteiger partial charge in [0, 0.05) is 5.25 Å². The second-order valence-corrected chi connectivity index (χ2v) is 7.17. The first-order valence-electron chi connectivity index (χ1n) is 8.07. The molecule has 2 unspecified atom stereocenters. The quantitative estimate of drug-likeness (QED) is 0.595.